The molecule has 2 N–H and O–H groups in total. The number of amides is 1. The van der Waals surface area contributed by atoms with E-state index < -0.39 is 6.10 Å². The molecule has 0 bridgehead atoms. The van der Waals surface area contributed by atoms with Gasteiger partial charge in [0.25, 0.3) is 0 Å². The zero-order chi connectivity index (χ0) is 8.43. The van der Waals surface area contributed by atoms with Crippen molar-refractivity contribution in [2.75, 3.05) is 13.7 Å². The molecule has 0 radical (unpaired) electrons. The Morgan fingerprint density at radius 2 is 2.36 bits per heavy atom. The van der Waals surface area contributed by atoms with Crippen molar-refractivity contribution in [2.45, 2.75) is 19.1 Å². The van der Waals surface area contributed by atoms with Crippen molar-refractivity contribution in [2.24, 2.45) is 5.92 Å². The van der Waals surface area contributed by atoms with Crippen LogP contribution in [-0.4, -0.2) is 36.9 Å². The number of hydrogen-bond acceptors (Lipinski definition) is 3. The summed E-state index contributed by atoms with van der Waals surface area (Å²) in [6.07, 6.45) is -0.396. The summed E-state index contributed by atoms with van der Waals surface area (Å²) in [6.45, 7) is 1.86. The van der Waals surface area contributed by atoms with E-state index in [1.807, 2.05) is 6.92 Å². The Morgan fingerprint density at radius 1 is 1.73 bits per heavy atom. The third-order valence-electron chi connectivity index (χ3n) is 2.15. The predicted octanol–water partition coefficient (Wildman–Crippen LogP) is -0.872. The molecule has 0 saturated carbocycles. The van der Waals surface area contributed by atoms with E-state index in [4.69, 9.17) is 9.84 Å². The van der Waals surface area contributed by atoms with Crippen molar-refractivity contribution in [1.29, 1.82) is 0 Å². The first-order chi connectivity index (χ1) is 5.20. The fourth-order valence-electron chi connectivity index (χ4n) is 1.38. The Balaban J connectivity index is 2.62. The summed E-state index contributed by atoms with van der Waals surface area (Å²) in [5.74, 6) is -0.0726. The molecule has 0 aromatic heterocycles. The van der Waals surface area contributed by atoms with Crippen LogP contribution in [0.5, 0.6) is 0 Å². The highest BCUT2D eigenvalue weighted by atomic mass is 16.5. The molecule has 64 valence electrons. The standard InChI is InChI=1S/C7H13NO3/c1-4-5(3-9)8-7(10)6(4)11-2/h4-6,9H,3H2,1-2H3,(H,8,10). The fourth-order valence-corrected chi connectivity index (χ4v) is 1.38. The van der Waals surface area contributed by atoms with E-state index in [1.54, 1.807) is 0 Å². The molecule has 1 rings (SSSR count). The van der Waals surface area contributed by atoms with Crippen molar-refractivity contribution >= 4 is 5.91 Å². The molecule has 11 heavy (non-hydrogen) atoms. The molecular weight excluding hydrogens is 146 g/mol. The van der Waals surface area contributed by atoms with Gasteiger partial charge in [0.1, 0.15) is 6.10 Å². The minimum atomic E-state index is -0.396. The molecule has 1 amide bonds. The molecule has 0 spiro atoms. The van der Waals surface area contributed by atoms with E-state index in [1.165, 1.54) is 7.11 Å². The van der Waals surface area contributed by atoms with E-state index in [2.05, 4.69) is 5.32 Å². The van der Waals surface area contributed by atoms with E-state index in [9.17, 15) is 4.79 Å². The molecule has 4 heteroatoms. The lowest BCUT2D eigenvalue weighted by Crippen LogP contribution is -2.31. The minimum absolute atomic E-state index is 0.0211. The quantitative estimate of drug-likeness (QED) is 0.550. The lowest BCUT2D eigenvalue weighted by atomic mass is 10.0. The van der Waals surface area contributed by atoms with Gasteiger partial charge in [-0.15, -0.1) is 0 Å². The monoisotopic (exact) mass is 159 g/mol. The van der Waals surface area contributed by atoms with Crippen LogP contribution in [0.15, 0.2) is 0 Å². The SMILES string of the molecule is COC1C(=O)NC(CO)C1C. The Kier molecular flexibility index (Phi) is 2.46. The molecule has 3 unspecified atom stereocenters. The number of hydrogen-bond donors (Lipinski definition) is 2. The first-order valence-electron chi connectivity index (χ1n) is 3.64. The molecule has 0 aliphatic carbocycles. The topological polar surface area (TPSA) is 58.6 Å². The van der Waals surface area contributed by atoms with Crippen molar-refractivity contribution in [3.8, 4) is 0 Å². The third-order valence-corrected chi connectivity index (χ3v) is 2.15. The maximum atomic E-state index is 11.0. The van der Waals surface area contributed by atoms with Gasteiger partial charge in [0.2, 0.25) is 5.91 Å². The average molecular weight is 159 g/mol. The fraction of sp³-hybridized carbons (Fsp3) is 0.857. The van der Waals surface area contributed by atoms with Gasteiger partial charge < -0.3 is 15.2 Å². The van der Waals surface area contributed by atoms with Crippen molar-refractivity contribution in [1.82, 2.24) is 5.32 Å². The van der Waals surface area contributed by atoms with Crippen LogP contribution >= 0.6 is 0 Å². The first kappa shape index (κ1) is 8.49. The van der Waals surface area contributed by atoms with Gasteiger partial charge in [-0.3, -0.25) is 4.79 Å². The number of nitrogens with one attached hydrogen (secondary N) is 1. The second kappa shape index (κ2) is 3.19. The Morgan fingerprint density at radius 3 is 2.64 bits per heavy atom. The maximum Gasteiger partial charge on any atom is 0.249 e. The highest BCUT2D eigenvalue weighted by molar-refractivity contribution is 5.83. The summed E-state index contributed by atoms with van der Waals surface area (Å²) >= 11 is 0. The summed E-state index contributed by atoms with van der Waals surface area (Å²) in [6, 6.07) is -0.146. The molecule has 1 heterocycles. The number of rotatable bonds is 2. The smallest absolute Gasteiger partial charge is 0.249 e. The van der Waals surface area contributed by atoms with Gasteiger partial charge in [0.05, 0.1) is 12.6 Å². The Bertz CT molecular complexity index is 160. The van der Waals surface area contributed by atoms with Gasteiger partial charge in [-0.05, 0) is 0 Å². The van der Waals surface area contributed by atoms with E-state index >= 15 is 0 Å². The lowest BCUT2D eigenvalue weighted by Gasteiger charge is -2.13. The van der Waals surface area contributed by atoms with Gasteiger partial charge in [-0.2, -0.15) is 0 Å². The van der Waals surface area contributed by atoms with Gasteiger partial charge in [-0.25, -0.2) is 0 Å². The van der Waals surface area contributed by atoms with Crippen LogP contribution in [0, 0.1) is 5.92 Å². The predicted molar refractivity (Wildman–Crippen MR) is 39.0 cm³/mol. The number of carbonyl (C=O) groups excluding carboxylic acids is 1. The molecule has 3 atom stereocenters. The van der Waals surface area contributed by atoms with Gasteiger partial charge in [-0.1, -0.05) is 6.92 Å². The summed E-state index contributed by atoms with van der Waals surface area (Å²) in [7, 11) is 1.50. The second-order valence-electron chi connectivity index (χ2n) is 2.81. The molecule has 0 aromatic rings. The van der Waals surface area contributed by atoms with E-state index in [-0.39, 0.29) is 24.5 Å². The number of aliphatic hydroxyl groups is 1. The summed E-state index contributed by atoms with van der Waals surface area (Å²) in [4.78, 5) is 11.0. The van der Waals surface area contributed by atoms with Crippen LogP contribution in [0.4, 0.5) is 0 Å². The molecule has 1 saturated heterocycles. The van der Waals surface area contributed by atoms with Crippen LogP contribution < -0.4 is 5.32 Å². The van der Waals surface area contributed by atoms with E-state index in [0.29, 0.717) is 0 Å². The first-order valence-corrected chi connectivity index (χ1v) is 3.64. The zero-order valence-corrected chi connectivity index (χ0v) is 6.70. The van der Waals surface area contributed by atoms with Gasteiger partial charge in [0.15, 0.2) is 0 Å². The van der Waals surface area contributed by atoms with Crippen LogP contribution in [0.3, 0.4) is 0 Å². The van der Waals surface area contributed by atoms with Crippen molar-refractivity contribution in [3.63, 3.8) is 0 Å². The molecule has 1 fully saturated rings. The van der Waals surface area contributed by atoms with Gasteiger partial charge >= 0.3 is 0 Å². The number of methoxy groups -OCH3 is 1. The molecule has 0 aromatic carbocycles. The normalized spacial score (nSPS) is 37.4. The lowest BCUT2D eigenvalue weighted by molar-refractivity contribution is -0.128. The number of aliphatic hydroxyl groups excluding tert-OH is 1. The molecule has 1 aliphatic rings. The largest absolute Gasteiger partial charge is 0.394 e. The van der Waals surface area contributed by atoms with E-state index in [0.717, 1.165) is 0 Å². The van der Waals surface area contributed by atoms with Crippen molar-refractivity contribution in [3.05, 3.63) is 0 Å². The Hall–Kier alpha value is -0.610. The van der Waals surface area contributed by atoms with Crippen LogP contribution in [0.25, 0.3) is 0 Å². The molecular formula is C7H13NO3. The van der Waals surface area contributed by atoms with Crippen LogP contribution in [0.1, 0.15) is 6.92 Å². The third kappa shape index (κ3) is 1.36. The molecule has 1 aliphatic heterocycles. The summed E-state index contributed by atoms with van der Waals surface area (Å²) < 4.78 is 4.94. The highest BCUT2D eigenvalue weighted by Gasteiger charge is 2.38. The summed E-state index contributed by atoms with van der Waals surface area (Å²) in [5.41, 5.74) is 0. The minimum Gasteiger partial charge on any atom is -0.394 e. The highest BCUT2D eigenvalue weighted by Crippen LogP contribution is 2.18. The maximum absolute atomic E-state index is 11.0. The number of ether oxygens (including phenoxy) is 1. The van der Waals surface area contributed by atoms with Crippen LogP contribution in [0.2, 0.25) is 0 Å². The van der Waals surface area contributed by atoms with Crippen molar-refractivity contribution < 1.29 is 14.6 Å². The second-order valence-corrected chi connectivity index (χ2v) is 2.81. The van der Waals surface area contributed by atoms with Gasteiger partial charge in [0, 0.05) is 13.0 Å². The summed E-state index contributed by atoms with van der Waals surface area (Å²) in [5, 5.41) is 11.4. The zero-order valence-electron chi connectivity index (χ0n) is 6.70. The molecule has 4 nitrogen and oxygen atoms in total. The Labute approximate surface area is 65.5 Å². The number of carbonyl (C=O) groups is 1. The average Bonchev–Trinajstić information content (AvgIpc) is 2.26. The van der Waals surface area contributed by atoms with Crippen LogP contribution in [-0.2, 0) is 9.53 Å².